The molecule has 3 heterocycles. The van der Waals surface area contributed by atoms with Crippen molar-refractivity contribution in [3.8, 4) is 0 Å². The molecular weight excluding hydrogens is 341 g/mol. The monoisotopic (exact) mass is 375 g/mol. The molecule has 6 rings (SSSR count). The van der Waals surface area contributed by atoms with Crippen molar-refractivity contribution in [3.63, 3.8) is 0 Å². The highest BCUT2D eigenvalue weighted by atomic mass is 16.7. The summed E-state index contributed by atoms with van der Waals surface area (Å²) < 4.78 is 13.1. The van der Waals surface area contributed by atoms with Gasteiger partial charge in [0.1, 0.15) is 0 Å². The van der Waals surface area contributed by atoms with E-state index in [0.717, 1.165) is 51.2 Å². The molecule has 2 N–H and O–H groups in total. The highest BCUT2D eigenvalue weighted by Crippen LogP contribution is 2.65. The zero-order valence-electron chi connectivity index (χ0n) is 17.0. The molecule has 0 spiro atoms. The lowest BCUT2D eigenvalue weighted by Crippen LogP contribution is -2.65. The van der Waals surface area contributed by atoms with Crippen LogP contribution < -0.4 is 10.6 Å². The Hall–Kier alpha value is -0.625. The molecule has 27 heavy (non-hydrogen) atoms. The number of amides is 1. The SMILES string of the molecule is CC1(C)C2CC3OB([C@@H]4CCCN4C(=O)CN[C@@H]4CCNC4)O[C@@]3(C)[C@@H]1C2. The minimum Gasteiger partial charge on any atom is -0.404 e. The fourth-order valence-corrected chi connectivity index (χ4v) is 6.61. The quantitative estimate of drug-likeness (QED) is 0.723. The summed E-state index contributed by atoms with van der Waals surface area (Å²) in [4.78, 5) is 14.9. The average molecular weight is 375 g/mol. The lowest BCUT2D eigenvalue weighted by atomic mass is 9.43. The van der Waals surface area contributed by atoms with Crippen molar-refractivity contribution in [1.82, 2.24) is 15.5 Å². The summed E-state index contributed by atoms with van der Waals surface area (Å²) >= 11 is 0. The number of hydrogen-bond acceptors (Lipinski definition) is 5. The molecule has 3 saturated heterocycles. The van der Waals surface area contributed by atoms with Crippen LogP contribution in [0.4, 0.5) is 0 Å². The van der Waals surface area contributed by atoms with Crippen molar-refractivity contribution in [2.75, 3.05) is 26.2 Å². The standard InChI is InChI=1S/C20H34BN3O3/c1-19(2)13-9-15(19)20(3)16(10-13)26-21(27-20)17-5-4-8-24(17)18(25)12-23-14-6-7-22-11-14/h13-17,22-23H,4-12H2,1-3H3/t13?,14-,15-,16?,17+,20+/m1/s1. The van der Waals surface area contributed by atoms with E-state index in [1.807, 2.05) is 4.90 Å². The van der Waals surface area contributed by atoms with E-state index >= 15 is 0 Å². The molecule has 3 saturated carbocycles. The van der Waals surface area contributed by atoms with E-state index in [1.165, 1.54) is 6.42 Å². The summed E-state index contributed by atoms with van der Waals surface area (Å²) in [7, 11) is -0.255. The first-order valence-electron chi connectivity index (χ1n) is 11.0. The summed E-state index contributed by atoms with van der Waals surface area (Å²) in [6.45, 7) is 10.3. The average Bonchev–Trinajstić information content (AvgIpc) is 3.36. The predicted octanol–water partition coefficient (Wildman–Crippen LogP) is 1.20. The Morgan fingerprint density at radius 3 is 2.89 bits per heavy atom. The first-order valence-corrected chi connectivity index (χ1v) is 11.0. The largest absolute Gasteiger partial charge is 0.481 e. The highest BCUT2D eigenvalue weighted by Gasteiger charge is 2.69. The van der Waals surface area contributed by atoms with Gasteiger partial charge in [-0.2, -0.15) is 0 Å². The van der Waals surface area contributed by atoms with Gasteiger partial charge in [-0.1, -0.05) is 13.8 Å². The van der Waals surface area contributed by atoms with Crippen LogP contribution in [0.2, 0.25) is 0 Å². The molecule has 0 aromatic heterocycles. The molecule has 1 amide bonds. The number of carbonyl (C=O) groups excluding carboxylic acids is 1. The van der Waals surface area contributed by atoms with Crippen LogP contribution in [0, 0.1) is 17.3 Å². The molecule has 2 bridgehead atoms. The predicted molar refractivity (Wildman–Crippen MR) is 104 cm³/mol. The fraction of sp³-hybridized carbons (Fsp3) is 0.950. The molecule has 7 heteroatoms. The van der Waals surface area contributed by atoms with Gasteiger partial charge in [0.05, 0.1) is 24.2 Å². The Morgan fingerprint density at radius 2 is 2.15 bits per heavy atom. The van der Waals surface area contributed by atoms with Crippen molar-refractivity contribution < 1.29 is 14.1 Å². The molecule has 150 valence electrons. The Morgan fingerprint density at radius 1 is 1.30 bits per heavy atom. The highest BCUT2D eigenvalue weighted by molar-refractivity contribution is 6.48. The van der Waals surface area contributed by atoms with Gasteiger partial charge in [-0.05, 0) is 62.8 Å². The summed E-state index contributed by atoms with van der Waals surface area (Å²) in [5, 5.41) is 6.75. The Labute approximate surface area is 163 Å². The molecule has 6 aliphatic rings. The van der Waals surface area contributed by atoms with Crippen LogP contribution in [-0.2, 0) is 14.1 Å². The van der Waals surface area contributed by atoms with Gasteiger partial charge in [0, 0.05) is 19.1 Å². The van der Waals surface area contributed by atoms with Crippen molar-refractivity contribution in [1.29, 1.82) is 0 Å². The van der Waals surface area contributed by atoms with Gasteiger partial charge in [-0.15, -0.1) is 0 Å². The molecular formula is C20H34BN3O3. The van der Waals surface area contributed by atoms with Crippen LogP contribution in [0.1, 0.15) is 52.9 Å². The number of rotatable bonds is 4. The molecule has 6 nitrogen and oxygen atoms in total. The fourth-order valence-electron chi connectivity index (χ4n) is 6.61. The van der Waals surface area contributed by atoms with Crippen molar-refractivity contribution >= 4 is 13.0 Å². The van der Waals surface area contributed by atoms with Crippen LogP contribution in [0.25, 0.3) is 0 Å². The number of nitrogens with zero attached hydrogens (tertiary/aromatic N) is 1. The van der Waals surface area contributed by atoms with Crippen molar-refractivity contribution in [2.24, 2.45) is 17.3 Å². The Balaban J connectivity index is 1.24. The number of nitrogens with one attached hydrogen (secondary N) is 2. The lowest BCUT2D eigenvalue weighted by molar-refractivity contribution is -0.199. The Kier molecular flexibility index (Phi) is 4.39. The van der Waals surface area contributed by atoms with Gasteiger partial charge in [-0.25, -0.2) is 0 Å². The third-order valence-corrected chi connectivity index (χ3v) is 8.50. The molecule has 0 aromatic carbocycles. The maximum atomic E-state index is 12.9. The summed E-state index contributed by atoms with van der Waals surface area (Å²) in [5.41, 5.74) is 0.169. The van der Waals surface area contributed by atoms with Gasteiger partial charge in [-0.3, -0.25) is 4.79 Å². The van der Waals surface area contributed by atoms with Gasteiger partial charge in [0.2, 0.25) is 5.91 Å². The van der Waals surface area contributed by atoms with E-state index in [2.05, 4.69) is 31.4 Å². The summed E-state index contributed by atoms with van der Waals surface area (Å²) in [6.07, 6.45) is 5.70. The zero-order valence-corrected chi connectivity index (χ0v) is 17.0. The summed E-state index contributed by atoms with van der Waals surface area (Å²) in [5.74, 6) is 1.60. The van der Waals surface area contributed by atoms with Gasteiger partial charge < -0.3 is 24.8 Å². The smallest absolute Gasteiger partial charge is 0.404 e. The topological polar surface area (TPSA) is 62.8 Å². The third-order valence-electron chi connectivity index (χ3n) is 8.50. The molecule has 0 aromatic rings. The minimum absolute atomic E-state index is 0.0729. The number of likely N-dealkylation sites (tertiary alicyclic amines) is 1. The van der Waals surface area contributed by atoms with Crippen LogP contribution in [0.3, 0.4) is 0 Å². The van der Waals surface area contributed by atoms with E-state index in [1.54, 1.807) is 0 Å². The maximum absolute atomic E-state index is 12.9. The van der Waals surface area contributed by atoms with Gasteiger partial charge in [0.15, 0.2) is 0 Å². The van der Waals surface area contributed by atoms with Gasteiger partial charge in [0.25, 0.3) is 0 Å². The van der Waals surface area contributed by atoms with Crippen LogP contribution in [0.15, 0.2) is 0 Å². The lowest BCUT2D eigenvalue weighted by Gasteiger charge is -2.64. The Bertz CT molecular complexity index is 611. The van der Waals surface area contributed by atoms with E-state index in [0.29, 0.717) is 23.9 Å². The molecule has 6 atom stereocenters. The first-order chi connectivity index (χ1) is 12.9. The first kappa shape index (κ1) is 18.4. The van der Waals surface area contributed by atoms with E-state index in [4.69, 9.17) is 9.31 Å². The number of hydrogen-bond donors (Lipinski definition) is 2. The van der Waals surface area contributed by atoms with Gasteiger partial charge >= 0.3 is 7.12 Å². The molecule has 3 aliphatic heterocycles. The third kappa shape index (κ3) is 2.80. The zero-order chi connectivity index (χ0) is 18.8. The van der Waals surface area contributed by atoms with Crippen LogP contribution in [-0.4, -0.2) is 67.8 Å². The van der Waals surface area contributed by atoms with E-state index in [9.17, 15) is 4.79 Å². The minimum atomic E-state index is -0.255. The molecule has 3 aliphatic carbocycles. The normalized spacial score (nSPS) is 45.1. The van der Waals surface area contributed by atoms with Crippen molar-refractivity contribution in [3.05, 3.63) is 0 Å². The second-order valence-electron chi connectivity index (χ2n) is 10.2. The van der Waals surface area contributed by atoms with E-state index in [-0.39, 0.29) is 30.7 Å². The molecule has 6 fully saturated rings. The van der Waals surface area contributed by atoms with Crippen molar-refractivity contribution in [2.45, 2.75) is 76.6 Å². The maximum Gasteiger partial charge on any atom is 0.481 e. The summed E-state index contributed by atoms with van der Waals surface area (Å²) in [6, 6.07) is 0.421. The second-order valence-corrected chi connectivity index (χ2v) is 10.2. The van der Waals surface area contributed by atoms with E-state index < -0.39 is 0 Å². The molecule has 0 radical (unpaired) electrons. The molecule has 2 unspecified atom stereocenters. The second kappa shape index (κ2) is 6.44. The van der Waals surface area contributed by atoms with Crippen LogP contribution in [0.5, 0.6) is 0 Å². The van der Waals surface area contributed by atoms with Crippen LogP contribution >= 0.6 is 0 Å². The number of carbonyl (C=O) groups is 1.